The zero-order chi connectivity index (χ0) is 30.9. The maximum absolute atomic E-state index is 14.1. The van der Waals surface area contributed by atoms with Crippen LogP contribution in [0, 0.1) is 0 Å². The van der Waals surface area contributed by atoms with Crippen LogP contribution in [0.5, 0.6) is 0 Å². The van der Waals surface area contributed by atoms with E-state index in [-0.39, 0.29) is 28.7 Å². The van der Waals surface area contributed by atoms with Crippen LogP contribution >= 0.6 is 0 Å². The van der Waals surface area contributed by atoms with Gasteiger partial charge in [-0.1, -0.05) is 35.9 Å². The molecule has 0 aliphatic carbocycles. The van der Waals surface area contributed by atoms with E-state index < -0.39 is 17.7 Å². The number of allylic oxidation sites excluding steroid dienone is 2. The molecular weight excluding hydrogens is 548 g/mol. The van der Waals surface area contributed by atoms with Crippen molar-refractivity contribution in [2.45, 2.75) is 59.7 Å². The zero-order valence-corrected chi connectivity index (χ0v) is 25.3. The number of carbonyl (C=O) groups excluding carboxylic acids is 1. The third-order valence-electron chi connectivity index (χ3n) is 7.42. The molecule has 4 aromatic rings. The first-order valence-corrected chi connectivity index (χ1v) is 14.5. The minimum atomic E-state index is -1.16. The van der Waals surface area contributed by atoms with Gasteiger partial charge < -0.3 is 24.2 Å². The second-order valence-corrected chi connectivity index (χ2v) is 12.1. The van der Waals surface area contributed by atoms with Gasteiger partial charge in [0.2, 0.25) is 0 Å². The first-order chi connectivity index (χ1) is 20.4. The van der Waals surface area contributed by atoms with Crippen LogP contribution < -0.4 is 10.5 Å². The number of fused-ring (bicyclic) bond motifs is 2. The van der Waals surface area contributed by atoms with E-state index in [2.05, 4.69) is 9.97 Å². The van der Waals surface area contributed by atoms with Gasteiger partial charge in [-0.05, 0) is 52.5 Å². The van der Waals surface area contributed by atoms with Crippen molar-refractivity contribution in [3.8, 4) is 0 Å². The summed E-state index contributed by atoms with van der Waals surface area (Å²) in [5, 5.41) is 12.4. The number of aromatic nitrogens is 4. The Bertz CT molecular complexity index is 1770. The molecule has 1 aliphatic rings. The van der Waals surface area contributed by atoms with E-state index in [0.29, 0.717) is 45.0 Å². The van der Waals surface area contributed by atoms with Crippen molar-refractivity contribution in [3.63, 3.8) is 0 Å². The van der Waals surface area contributed by atoms with Gasteiger partial charge in [-0.3, -0.25) is 14.3 Å². The second kappa shape index (κ2) is 11.9. The normalized spacial score (nSPS) is 14.2. The summed E-state index contributed by atoms with van der Waals surface area (Å²) in [7, 11) is 0. The molecule has 1 fully saturated rings. The summed E-state index contributed by atoms with van der Waals surface area (Å²) >= 11 is 0. The number of aromatic carboxylic acids is 1. The van der Waals surface area contributed by atoms with Crippen molar-refractivity contribution in [2.24, 2.45) is 0 Å². The molecule has 11 nitrogen and oxygen atoms in total. The van der Waals surface area contributed by atoms with Crippen LogP contribution in [0.3, 0.4) is 0 Å². The van der Waals surface area contributed by atoms with Gasteiger partial charge in [0, 0.05) is 44.3 Å². The lowest BCUT2D eigenvalue weighted by Gasteiger charge is -2.27. The number of pyridine rings is 1. The highest BCUT2D eigenvalue weighted by atomic mass is 16.6. The number of rotatable bonds is 6. The van der Waals surface area contributed by atoms with Gasteiger partial charge in [0.1, 0.15) is 28.0 Å². The summed E-state index contributed by atoms with van der Waals surface area (Å²) in [6, 6.07) is 9.76. The Morgan fingerprint density at radius 2 is 1.81 bits per heavy atom. The molecule has 43 heavy (non-hydrogen) atoms. The Labute approximate surface area is 250 Å². The summed E-state index contributed by atoms with van der Waals surface area (Å²) in [4.78, 5) is 52.4. The van der Waals surface area contributed by atoms with Crippen molar-refractivity contribution in [2.75, 3.05) is 31.1 Å². The van der Waals surface area contributed by atoms with Gasteiger partial charge in [-0.2, -0.15) is 0 Å². The smallest absolute Gasteiger partial charge is 0.410 e. The molecule has 1 N–H and O–H groups in total. The van der Waals surface area contributed by atoms with Crippen molar-refractivity contribution in [3.05, 3.63) is 76.1 Å². The van der Waals surface area contributed by atoms with Gasteiger partial charge in [0.25, 0.3) is 5.56 Å². The van der Waals surface area contributed by atoms with E-state index in [0.717, 1.165) is 22.0 Å². The van der Waals surface area contributed by atoms with Gasteiger partial charge in [0.15, 0.2) is 0 Å². The maximum atomic E-state index is 14.1. The Morgan fingerprint density at radius 3 is 2.53 bits per heavy atom. The first-order valence-electron chi connectivity index (χ1n) is 14.5. The highest BCUT2D eigenvalue weighted by Crippen LogP contribution is 2.32. The standard InChI is InChI=1S/C32H38N6O5/c1-21(2)12-16-38-27-26(34-20-37(29(27)39)19-24-23-10-7-6-9-22(23)11-13-33-24)25(30(40)41)28(38)35-14-8-15-36(18-17-35)31(42)43-32(3,4)5/h6-7,9-13,20H,8,14-19H2,1-5H3,(H,40,41). The number of hydrogen-bond acceptors (Lipinski definition) is 7. The van der Waals surface area contributed by atoms with E-state index in [1.165, 1.54) is 10.9 Å². The minimum Gasteiger partial charge on any atom is -0.477 e. The predicted molar refractivity (Wildman–Crippen MR) is 166 cm³/mol. The van der Waals surface area contributed by atoms with E-state index in [1.807, 2.05) is 75.9 Å². The van der Waals surface area contributed by atoms with E-state index in [1.54, 1.807) is 15.7 Å². The fourth-order valence-corrected chi connectivity index (χ4v) is 5.45. The van der Waals surface area contributed by atoms with E-state index >= 15 is 0 Å². The summed E-state index contributed by atoms with van der Waals surface area (Å²) in [6.07, 6.45) is 5.29. The van der Waals surface area contributed by atoms with E-state index in [4.69, 9.17) is 4.74 Å². The molecule has 0 atom stereocenters. The molecule has 0 unspecified atom stereocenters. The topological polar surface area (TPSA) is 123 Å². The highest BCUT2D eigenvalue weighted by molar-refractivity contribution is 6.07. The Hall–Kier alpha value is -4.67. The molecule has 4 heterocycles. The third-order valence-corrected chi connectivity index (χ3v) is 7.42. The van der Waals surface area contributed by atoms with Crippen LogP contribution in [0.2, 0.25) is 0 Å². The molecule has 0 radical (unpaired) electrons. The van der Waals surface area contributed by atoms with Crippen molar-refractivity contribution in [1.82, 2.24) is 24.0 Å². The predicted octanol–water partition coefficient (Wildman–Crippen LogP) is 4.91. The second-order valence-electron chi connectivity index (χ2n) is 12.1. The third kappa shape index (κ3) is 6.25. The summed E-state index contributed by atoms with van der Waals surface area (Å²) in [5.74, 6) is -0.749. The lowest BCUT2D eigenvalue weighted by molar-refractivity contribution is 0.0263. The van der Waals surface area contributed by atoms with Gasteiger partial charge in [-0.25, -0.2) is 14.6 Å². The lowest BCUT2D eigenvalue weighted by atomic mass is 10.1. The first kappa shape index (κ1) is 29.8. The molecule has 0 spiro atoms. The lowest BCUT2D eigenvalue weighted by Crippen LogP contribution is -2.39. The minimum absolute atomic E-state index is 0.0181. The molecule has 11 heteroatoms. The number of benzene rings is 1. The molecule has 5 rings (SSSR count). The molecule has 1 saturated heterocycles. The average Bonchev–Trinajstić information content (AvgIpc) is 3.08. The molecule has 1 aromatic carbocycles. The Balaban J connectivity index is 1.61. The van der Waals surface area contributed by atoms with Crippen LogP contribution in [0.25, 0.3) is 21.8 Å². The summed E-state index contributed by atoms with van der Waals surface area (Å²) in [6.45, 7) is 11.6. The van der Waals surface area contributed by atoms with E-state index in [9.17, 15) is 19.5 Å². The number of anilines is 1. The van der Waals surface area contributed by atoms with Gasteiger partial charge in [-0.15, -0.1) is 0 Å². The molecule has 3 aromatic heterocycles. The number of carboxylic acids is 1. The monoisotopic (exact) mass is 586 g/mol. The van der Waals surface area contributed by atoms with Crippen molar-refractivity contribution >= 4 is 39.7 Å². The highest BCUT2D eigenvalue weighted by Gasteiger charge is 2.32. The Morgan fingerprint density at radius 1 is 1.05 bits per heavy atom. The maximum Gasteiger partial charge on any atom is 0.410 e. The number of nitrogens with zero attached hydrogens (tertiary/aromatic N) is 6. The van der Waals surface area contributed by atoms with Crippen LogP contribution in [-0.2, 0) is 17.8 Å². The van der Waals surface area contributed by atoms with Crippen molar-refractivity contribution in [1.29, 1.82) is 0 Å². The zero-order valence-electron chi connectivity index (χ0n) is 25.3. The van der Waals surface area contributed by atoms with Crippen molar-refractivity contribution < 1.29 is 19.4 Å². The number of carbonyl (C=O) groups is 2. The fourth-order valence-electron chi connectivity index (χ4n) is 5.45. The van der Waals surface area contributed by atoms with Gasteiger partial charge in [0.05, 0.1) is 18.6 Å². The number of amides is 1. The van der Waals surface area contributed by atoms with Crippen LogP contribution in [-0.4, -0.2) is 73.0 Å². The molecule has 1 aliphatic heterocycles. The quantitative estimate of drug-likeness (QED) is 0.317. The fraction of sp³-hybridized carbons (Fsp3) is 0.406. The summed E-state index contributed by atoms with van der Waals surface area (Å²) < 4.78 is 8.82. The molecular formula is C32H38N6O5. The molecule has 0 bridgehead atoms. The average molecular weight is 587 g/mol. The molecule has 0 saturated carbocycles. The van der Waals surface area contributed by atoms with Crippen LogP contribution in [0.4, 0.5) is 10.6 Å². The van der Waals surface area contributed by atoms with Gasteiger partial charge >= 0.3 is 12.1 Å². The largest absolute Gasteiger partial charge is 0.477 e. The number of carboxylic acid groups (broad SMARTS) is 1. The number of hydrogen-bond donors (Lipinski definition) is 1. The SMILES string of the molecule is CC(C)=CCn1c(N2CCCN(C(=O)OC(C)(C)C)CC2)c(C(=O)O)c2ncn(Cc3nccc4ccccc34)c(=O)c21. The Kier molecular flexibility index (Phi) is 8.25. The van der Waals surface area contributed by atoms with Crippen LogP contribution in [0.15, 0.2) is 59.3 Å². The molecule has 226 valence electrons. The summed E-state index contributed by atoms with van der Waals surface area (Å²) in [5.41, 5.74) is 1.13. The molecule has 1 amide bonds. The van der Waals surface area contributed by atoms with Crippen LogP contribution in [0.1, 0.15) is 57.1 Å². The number of ether oxygens (including phenoxy) is 1.